The summed E-state index contributed by atoms with van der Waals surface area (Å²) >= 11 is 2.21. The Bertz CT molecular complexity index is 491. The van der Waals surface area contributed by atoms with Crippen LogP contribution in [-0.4, -0.2) is 19.7 Å². The van der Waals surface area contributed by atoms with E-state index in [1.54, 1.807) is 23.3 Å². The highest BCUT2D eigenvalue weighted by Gasteiger charge is 2.17. The molecule has 0 unspecified atom stereocenters. The van der Waals surface area contributed by atoms with E-state index in [0.717, 1.165) is 9.26 Å². The second-order valence-electron chi connectivity index (χ2n) is 3.71. The van der Waals surface area contributed by atoms with Crippen molar-refractivity contribution in [2.45, 2.75) is 19.8 Å². The zero-order valence-corrected chi connectivity index (χ0v) is 11.2. The third kappa shape index (κ3) is 1.89. The van der Waals surface area contributed by atoms with Gasteiger partial charge in [-0.3, -0.25) is 4.98 Å². The molecule has 0 aromatic carbocycles. The van der Waals surface area contributed by atoms with Gasteiger partial charge in [0.2, 0.25) is 0 Å². The molecular weight excluding hydrogens is 317 g/mol. The summed E-state index contributed by atoms with van der Waals surface area (Å²) in [5.41, 5.74) is 6.99. The summed E-state index contributed by atoms with van der Waals surface area (Å²) in [4.78, 5) is 8.18. The van der Waals surface area contributed by atoms with Crippen LogP contribution in [0.2, 0.25) is 0 Å². The third-order valence-corrected chi connectivity index (χ3v) is 3.30. The Kier molecular flexibility index (Phi) is 3.08. The number of aromatic nitrogens is 4. The minimum atomic E-state index is 0.340. The normalized spacial score (nSPS) is 11.0. The average Bonchev–Trinajstić information content (AvgIpc) is 2.58. The summed E-state index contributed by atoms with van der Waals surface area (Å²) in [5, 5.41) is 4.46. The van der Waals surface area contributed by atoms with E-state index in [-0.39, 0.29) is 0 Å². The first-order chi connectivity index (χ1) is 7.61. The van der Waals surface area contributed by atoms with Crippen molar-refractivity contribution >= 4 is 28.4 Å². The highest BCUT2D eigenvalue weighted by molar-refractivity contribution is 14.1. The van der Waals surface area contributed by atoms with Gasteiger partial charge in [-0.1, -0.05) is 13.8 Å². The molecule has 0 aliphatic carbocycles. The lowest BCUT2D eigenvalue weighted by molar-refractivity contribution is 0.757. The summed E-state index contributed by atoms with van der Waals surface area (Å²) in [5.74, 6) is 1.60. The van der Waals surface area contributed by atoms with Crippen LogP contribution in [0.3, 0.4) is 0 Å². The molecule has 0 amide bonds. The Morgan fingerprint density at radius 3 is 2.62 bits per heavy atom. The van der Waals surface area contributed by atoms with Gasteiger partial charge in [0.15, 0.2) is 5.82 Å². The fraction of sp³-hybridized carbons (Fsp3) is 0.300. The van der Waals surface area contributed by atoms with Crippen LogP contribution < -0.4 is 5.73 Å². The van der Waals surface area contributed by atoms with Crippen molar-refractivity contribution in [3.8, 4) is 5.82 Å². The van der Waals surface area contributed by atoms with Gasteiger partial charge in [0, 0.05) is 12.4 Å². The van der Waals surface area contributed by atoms with Crippen LogP contribution in [0.25, 0.3) is 5.82 Å². The second kappa shape index (κ2) is 4.36. The summed E-state index contributed by atoms with van der Waals surface area (Å²) in [6, 6.07) is 0. The maximum atomic E-state index is 6.00. The number of hydrogen-bond acceptors (Lipinski definition) is 4. The molecule has 0 spiro atoms. The number of halogens is 1. The molecule has 0 aliphatic heterocycles. The van der Waals surface area contributed by atoms with Gasteiger partial charge in [0.25, 0.3) is 0 Å². The first-order valence-corrected chi connectivity index (χ1v) is 5.99. The maximum absolute atomic E-state index is 6.00. The highest BCUT2D eigenvalue weighted by atomic mass is 127. The molecule has 84 valence electrons. The van der Waals surface area contributed by atoms with Crippen molar-refractivity contribution in [2.75, 3.05) is 5.73 Å². The lowest BCUT2D eigenvalue weighted by Gasteiger charge is -2.01. The summed E-state index contributed by atoms with van der Waals surface area (Å²) in [6.45, 7) is 4.18. The van der Waals surface area contributed by atoms with Gasteiger partial charge < -0.3 is 5.73 Å². The summed E-state index contributed by atoms with van der Waals surface area (Å²) in [7, 11) is 0. The van der Waals surface area contributed by atoms with Crippen molar-refractivity contribution in [3.05, 3.63) is 27.9 Å². The molecule has 0 saturated carbocycles. The van der Waals surface area contributed by atoms with Gasteiger partial charge >= 0.3 is 0 Å². The van der Waals surface area contributed by atoms with E-state index in [1.165, 1.54) is 0 Å². The first-order valence-electron chi connectivity index (χ1n) is 4.91. The average molecular weight is 329 g/mol. The van der Waals surface area contributed by atoms with Crippen molar-refractivity contribution in [3.63, 3.8) is 0 Å². The minimum absolute atomic E-state index is 0.340. The predicted octanol–water partition coefficient (Wildman–Crippen LogP) is 1.97. The lowest BCUT2D eigenvalue weighted by Crippen LogP contribution is -2.04. The third-order valence-electron chi connectivity index (χ3n) is 2.20. The van der Waals surface area contributed by atoms with E-state index in [4.69, 9.17) is 5.73 Å². The van der Waals surface area contributed by atoms with Gasteiger partial charge in [0.05, 0.1) is 15.5 Å². The highest BCUT2D eigenvalue weighted by Crippen LogP contribution is 2.26. The number of nitrogen functional groups attached to an aromatic ring is 1. The fourth-order valence-electron chi connectivity index (χ4n) is 1.37. The molecule has 0 aliphatic rings. The van der Waals surface area contributed by atoms with Crippen molar-refractivity contribution in [2.24, 2.45) is 0 Å². The van der Waals surface area contributed by atoms with Gasteiger partial charge in [-0.25, -0.2) is 4.98 Å². The van der Waals surface area contributed by atoms with E-state index in [1.807, 2.05) is 0 Å². The van der Waals surface area contributed by atoms with Crippen molar-refractivity contribution in [1.82, 2.24) is 19.7 Å². The molecule has 0 atom stereocenters. The molecule has 0 radical (unpaired) electrons. The summed E-state index contributed by atoms with van der Waals surface area (Å²) < 4.78 is 2.61. The molecule has 0 fully saturated rings. The fourth-order valence-corrected chi connectivity index (χ4v) is 2.33. The monoisotopic (exact) mass is 329 g/mol. The molecule has 2 N–H and O–H groups in total. The molecular formula is C10H12IN5. The van der Waals surface area contributed by atoms with Gasteiger partial charge in [-0.05, 0) is 28.5 Å². The molecule has 2 rings (SSSR count). The standard InChI is InChI=1S/C10H12IN5/c1-6(2)9-8(11)10(12)16(15-9)7-5-13-3-4-14-7/h3-6H,12H2,1-2H3. The second-order valence-corrected chi connectivity index (χ2v) is 4.79. The largest absolute Gasteiger partial charge is 0.383 e. The summed E-state index contributed by atoms with van der Waals surface area (Å²) in [6.07, 6.45) is 4.89. The zero-order valence-electron chi connectivity index (χ0n) is 9.05. The Balaban J connectivity index is 2.55. The Hall–Kier alpha value is -1.18. The minimum Gasteiger partial charge on any atom is -0.383 e. The van der Waals surface area contributed by atoms with Crippen LogP contribution in [0.15, 0.2) is 18.6 Å². The quantitative estimate of drug-likeness (QED) is 0.856. The predicted molar refractivity (Wildman–Crippen MR) is 70.4 cm³/mol. The van der Waals surface area contributed by atoms with Gasteiger partial charge in [0.1, 0.15) is 5.82 Å². The molecule has 0 bridgehead atoms. The van der Waals surface area contributed by atoms with Crippen LogP contribution in [0.4, 0.5) is 5.82 Å². The topological polar surface area (TPSA) is 69.6 Å². The Morgan fingerprint density at radius 2 is 2.12 bits per heavy atom. The molecule has 6 heteroatoms. The van der Waals surface area contributed by atoms with Crippen molar-refractivity contribution in [1.29, 1.82) is 0 Å². The number of nitrogens with zero attached hydrogens (tertiary/aromatic N) is 4. The lowest BCUT2D eigenvalue weighted by atomic mass is 10.1. The van der Waals surface area contributed by atoms with E-state index in [9.17, 15) is 0 Å². The van der Waals surface area contributed by atoms with E-state index in [2.05, 4.69) is 51.5 Å². The molecule has 2 heterocycles. The smallest absolute Gasteiger partial charge is 0.174 e. The van der Waals surface area contributed by atoms with E-state index >= 15 is 0 Å². The maximum Gasteiger partial charge on any atom is 0.174 e. The zero-order chi connectivity index (χ0) is 11.7. The van der Waals surface area contributed by atoms with Crippen molar-refractivity contribution < 1.29 is 0 Å². The molecule has 16 heavy (non-hydrogen) atoms. The SMILES string of the molecule is CC(C)c1nn(-c2cnccn2)c(N)c1I. The van der Waals surface area contributed by atoms with Gasteiger partial charge in [-0.15, -0.1) is 0 Å². The molecule has 2 aromatic heterocycles. The Morgan fingerprint density at radius 1 is 1.38 bits per heavy atom. The van der Waals surface area contributed by atoms with Gasteiger partial charge in [-0.2, -0.15) is 9.78 Å². The van der Waals surface area contributed by atoms with Crippen LogP contribution in [-0.2, 0) is 0 Å². The van der Waals surface area contributed by atoms with E-state index in [0.29, 0.717) is 17.6 Å². The van der Waals surface area contributed by atoms with Crippen LogP contribution >= 0.6 is 22.6 Å². The molecule has 5 nitrogen and oxygen atoms in total. The number of hydrogen-bond donors (Lipinski definition) is 1. The Labute approximate surface area is 107 Å². The van der Waals surface area contributed by atoms with Crippen LogP contribution in [0, 0.1) is 3.57 Å². The number of rotatable bonds is 2. The van der Waals surface area contributed by atoms with Crippen LogP contribution in [0.1, 0.15) is 25.5 Å². The number of anilines is 1. The number of nitrogens with two attached hydrogens (primary N) is 1. The van der Waals surface area contributed by atoms with E-state index < -0.39 is 0 Å². The molecule has 2 aromatic rings. The molecule has 0 saturated heterocycles. The van der Waals surface area contributed by atoms with Crippen LogP contribution in [0.5, 0.6) is 0 Å². The first kappa shape index (κ1) is 11.3.